The predicted molar refractivity (Wildman–Crippen MR) is 88.4 cm³/mol. The lowest BCUT2D eigenvalue weighted by atomic mass is 10.0. The van der Waals surface area contributed by atoms with Crippen molar-refractivity contribution in [3.05, 3.63) is 52.8 Å². The van der Waals surface area contributed by atoms with Gasteiger partial charge in [0, 0.05) is 32.1 Å². The zero-order valence-corrected chi connectivity index (χ0v) is 14.0. The minimum atomic E-state index is -0.383. The number of aryl methyl sites for hydroxylation is 1. The second-order valence-electron chi connectivity index (χ2n) is 5.85. The highest BCUT2D eigenvalue weighted by molar-refractivity contribution is 5.90. The van der Waals surface area contributed by atoms with E-state index in [2.05, 4.69) is 5.10 Å². The number of carbonyl (C=O) groups excluding carboxylic acids is 2. The predicted octanol–water partition coefficient (Wildman–Crippen LogP) is 1.72. The van der Waals surface area contributed by atoms with E-state index in [0.717, 1.165) is 16.8 Å². The van der Waals surface area contributed by atoms with Gasteiger partial charge in [0.15, 0.2) is 5.69 Å². The van der Waals surface area contributed by atoms with Gasteiger partial charge in [0.25, 0.3) is 0 Å². The Bertz CT molecular complexity index is 752. The Morgan fingerprint density at radius 3 is 2.71 bits per heavy atom. The van der Waals surface area contributed by atoms with Crippen LogP contribution in [0, 0.1) is 0 Å². The Morgan fingerprint density at radius 1 is 1.25 bits per heavy atom. The van der Waals surface area contributed by atoms with Crippen LogP contribution < -0.4 is 0 Å². The molecule has 6 heteroatoms. The molecule has 0 N–H and O–H groups in total. The van der Waals surface area contributed by atoms with E-state index in [1.54, 1.807) is 23.6 Å². The Labute approximate surface area is 141 Å². The first-order valence-corrected chi connectivity index (χ1v) is 8.13. The van der Waals surface area contributed by atoms with Crippen molar-refractivity contribution in [3.8, 4) is 0 Å². The summed E-state index contributed by atoms with van der Waals surface area (Å²) in [7, 11) is 1.74. The Kier molecular flexibility index (Phi) is 4.64. The largest absolute Gasteiger partial charge is 0.461 e. The van der Waals surface area contributed by atoms with Crippen LogP contribution in [-0.4, -0.2) is 39.7 Å². The van der Waals surface area contributed by atoms with Crippen molar-refractivity contribution in [1.29, 1.82) is 0 Å². The van der Waals surface area contributed by atoms with Crippen LogP contribution in [0.25, 0.3) is 0 Å². The molecule has 3 rings (SSSR count). The van der Waals surface area contributed by atoms with Crippen LogP contribution in [0.1, 0.15) is 34.2 Å². The Balaban J connectivity index is 1.78. The first-order chi connectivity index (χ1) is 11.6. The van der Waals surface area contributed by atoms with Gasteiger partial charge in [-0.25, -0.2) is 4.79 Å². The number of benzene rings is 1. The summed E-state index contributed by atoms with van der Waals surface area (Å²) in [5.41, 5.74) is 3.13. The summed E-state index contributed by atoms with van der Waals surface area (Å²) >= 11 is 0. The van der Waals surface area contributed by atoms with E-state index in [9.17, 15) is 9.59 Å². The van der Waals surface area contributed by atoms with Gasteiger partial charge in [-0.1, -0.05) is 30.3 Å². The molecule has 0 saturated carbocycles. The average molecular weight is 327 g/mol. The molecule has 0 spiro atoms. The lowest BCUT2D eigenvalue weighted by Gasteiger charge is -2.27. The SMILES string of the molecule is CCOC(=O)c1c2c(nn1C)CCN(C(=O)Cc1ccccc1)C2. The molecular formula is C18H21N3O3. The first kappa shape index (κ1) is 16.2. The second kappa shape index (κ2) is 6.86. The molecule has 0 unspecified atom stereocenters. The van der Waals surface area contributed by atoms with Crippen LogP contribution in [0.2, 0.25) is 0 Å². The number of amides is 1. The van der Waals surface area contributed by atoms with E-state index in [4.69, 9.17) is 4.74 Å². The highest BCUT2D eigenvalue weighted by Gasteiger charge is 2.29. The maximum absolute atomic E-state index is 12.6. The number of ether oxygens (including phenoxy) is 1. The highest BCUT2D eigenvalue weighted by atomic mass is 16.5. The fraction of sp³-hybridized carbons (Fsp3) is 0.389. The molecule has 1 amide bonds. The minimum absolute atomic E-state index is 0.0607. The lowest BCUT2D eigenvalue weighted by molar-refractivity contribution is -0.131. The quantitative estimate of drug-likeness (QED) is 0.802. The summed E-state index contributed by atoms with van der Waals surface area (Å²) in [5, 5.41) is 4.41. The maximum Gasteiger partial charge on any atom is 0.356 e. The number of carbonyl (C=O) groups is 2. The zero-order chi connectivity index (χ0) is 17.1. The second-order valence-corrected chi connectivity index (χ2v) is 5.85. The van der Waals surface area contributed by atoms with Gasteiger partial charge in [0.05, 0.1) is 18.7 Å². The number of aromatic nitrogens is 2. The standard InChI is InChI=1S/C18H21N3O3/c1-3-24-18(23)17-14-12-21(10-9-15(14)19-20(17)2)16(22)11-13-7-5-4-6-8-13/h4-8H,3,9-12H2,1-2H3. The van der Waals surface area contributed by atoms with Crippen molar-refractivity contribution in [2.75, 3.05) is 13.2 Å². The van der Waals surface area contributed by atoms with Crippen molar-refractivity contribution < 1.29 is 14.3 Å². The molecule has 1 aromatic heterocycles. The number of nitrogens with zero attached hydrogens (tertiary/aromatic N) is 3. The molecule has 0 aliphatic carbocycles. The molecule has 0 radical (unpaired) electrons. The molecule has 6 nitrogen and oxygen atoms in total. The van der Waals surface area contributed by atoms with Crippen LogP contribution in [0.4, 0.5) is 0 Å². The summed E-state index contributed by atoms with van der Waals surface area (Å²) in [4.78, 5) is 26.5. The van der Waals surface area contributed by atoms with Crippen molar-refractivity contribution in [3.63, 3.8) is 0 Å². The molecule has 0 atom stereocenters. The molecule has 1 aliphatic rings. The van der Waals surface area contributed by atoms with E-state index in [1.807, 2.05) is 30.3 Å². The highest BCUT2D eigenvalue weighted by Crippen LogP contribution is 2.23. The van der Waals surface area contributed by atoms with Gasteiger partial charge >= 0.3 is 5.97 Å². The van der Waals surface area contributed by atoms with E-state index in [-0.39, 0.29) is 11.9 Å². The van der Waals surface area contributed by atoms with Crippen molar-refractivity contribution in [2.24, 2.45) is 7.05 Å². The molecule has 2 heterocycles. The molecule has 0 saturated heterocycles. The summed E-state index contributed by atoms with van der Waals surface area (Å²) in [6.45, 7) is 3.12. The summed E-state index contributed by atoms with van der Waals surface area (Å²) in [6.07, 6.45) is 1.02. The molecule has 126 valence electrons. The maximum atomic E-state index is 12.6. The smallest absolute Gasteiger partial charge is 0.356 e. The van der Waals surface area contributed by atoms with Crippen LogP contribution in [-0.2, 0) is 36.0 Å². The van der Waals surface area contributed by atoms with Crippen LogP contribution in [0.15, 0.2) is 30.3 Å². The number of hydrogen-bond acceptors (Lipinski definition) is 4. The molecule has 0 bridgehead atoms. The monoisotopic (exact) mass is 327 g/mol. The zero-order valence-electron chi connectivity index (χ0n) is 14.0. The molecule has 2 aromatic rings. The van der Waals surface area contributed by atoms with E-state index < -0.39 is 0 Å². The third-order valence-corrected chi connectivity index (χ3v) is 4.22. The van der Waals surface area contributed by atoms with Crippen molar-refractivity contribution in [1.82, 2.24) is 14.7 Å². The number of rotatable bonds is 4. The number of fused-ring (bicyclic) bond motifs is 1. The van der Waals surface area contributed by atoms with Gasteiger partial charge in [-0.2, -0.15) is 5.10 Å². The van der Waals surface area contributed by atoms with Gasteiger partial charge in [0.2, 0.25) is 5.91 Å². The topological polar surface area (TPSA) is 64.4 Å². The first-order valence-electron chi connectivity index (χ1n) is 8.13. The van der Waals surface area contributed by atoms with Crippen LogP contribution >= 0.6 is 0 Å². The number of hydrogen-bond donors (Lipinski definition) is 0. The van der Waals surface area contributed by atoms with E-state index >= 15 is 0 Å². The fourth-order valence-electron chi connectivity index (χ4n) is 3.05. The van der Waals surface area contributed by atoms with Crippen LogP contribution in [0.5, 0.6) is 0 Å². The third kappa shape index (κ3) is 3.18. The average Bonchev–Trinajstić information content (AvgIpc) is 2.90. The van der Waals surface area contributed by atoms with E-state index in [0.29, 0.717) is 38.2 Å². The number of esters is 1. The summed E-state index contributed by atoms with van der Waals surface area (Å²) in [5.74, 6) is -0.323. The van der Waals surface area contributed by atoms with Crippen molar-refractivity contribution in [2.45, 2.75) is 26.3 Å². The third-order valence-electron chi connectivity index (χ3n) is 4.22. The van der Waals surface area contributed by atoms with Gasteiger partial charge in [-0.05, 0) is 12.5 Å². The molecule has 1 aromatic carbocycles. The minimum Gasteiger partial charge on any atom is -0.461 e. The molecule has 1 aliphatic heterocycles. The summed E-state index contributed by atoms with van der Waals surface area (Å²) in [6, 6.07) is 9.68. The molecule has 24 heavy (non-hydrogen) atoms. The normalized spacial score (nSPS) is 13.5. The Morgan fingerprint density at radius 2 is 2.00 bits per heavy atom. The lowest BCUT2D eigenvalue weighted by Crippen LogP contribution is -2.37. The Hall–Kier alpha value is -2.63. The van der Waals surface area contributed by atoms with Gasteiger partial charge in [0.1, 0.15) is 0 Å². The van der Waals surface area contributed by atoms with E-state index in [1.165, 1.54) is 0 Å². The van der Waals surface area contributed by atoms with Crippen LogP contribution in [0.3, 0.4) is 0 Å². The van der Waals surface area contributed by atoms with Gasteiger partial charge < -0.3 is 9.64 Å². The molecule has 0 fully saturated rings. The van der Waals surface area contributed by atoms with Gasteiger partial charge in [-0.15, -0.1) is 0 Å². The van der Waals surface area contributed by atoms with Crippen molar-refractivity contribution >= 4 is 11.9 Å². The fourth-order valence-corrected chi connectivity index (χ4v) is 3.05. The van der Waals surface area contributed by atoms with Gasteiger partial charge in [-0.3, -0.25) is 9.48 Å². The summed E-state index contributed by atoms with van der Waals surface area (Å²) < 4.78 is 6.68. The molecular weight excluding hydrogens is 306 g/mol.